The largest absolute Gasteiger partial charge is 0.394 e. The molecule has 1 fully saturated rings. The first-order valence-electron chi connectivity index (χ1n) is 8.56. The van der Waals surface area contributed by atoms with Gasteiger partial charge in [0.05, 0.1) is 18.3 Å². The van der Waals surface area contributed by atoms with Gasteiger partial charge in [-0.3, -0.25) is 4.79 Å². The van der Waals surface area contributed by atoms with Crippen molar-refractivity contribution in [3.63, 3.8) is 0 Å². The van der Waals surface area contributed by atoms with Crippen molar-refractivity contribution in [1.82, 2.24) is 5.32 Å². The first-order chi connectivity index (χ1) is 11.1. The molecule has 1 aromatic carbocycles. The van der Waals surface area contributed by atoms with E-state index < -0.39 is 6.10 Å². The number of nitrogens with one attached hydrogen (secondary N) is 2. The van der Waals surface area contributed by atoms with E-state index in [-0.39, 0.29) is 25.1 Å². The third kappa shape index (κ3) is 5.22. The molecule has 1 aliphatic carbocycles. The molecule has 0 heterocycles. The molecule has 4 N–H and O–H groups in total. The number of carbonyl (C=O) groups excluding carboxylic acids is 1. The van der Waals surface area contributed by atoms with Crippen LogP contribution in [0.4, 0.5) is 5.69 Å². The standard InChI is InChI=1S/C18H28N2O3/c1-2-13-7-9-14(10-8-13)20-18(23)16-5-3-4-6-17(16)19-11-15(22)12-21/h3-6,13-15,19,21-22H,2,7-12H2,1H3,(H,20,23). The van der Waals surface area contributed by atoms with Crippen LogP contribution < -0.4 is 10.6 Å². The second kappa shape index (κ2) is 8.89. The number of hydrogen-bond acceptors (Lipinski definition) is 4. The fourth-order valence-electron chi connectivity index (χ4n) is 3.11. The molecule has 0 radical (unpaired) electrons. The van der Waals surface area contributed by atoms with Gasteiger partial charge in [-0.1, -0.05) is 25.5 Å². The molecule has 0 bridgehead atoms. The fourth-order valence-corrected chi connectivity index (χ4v) is 3.11. The van der Waals surface area contributed by atoms with Gasteiger partial charge in [-0.05, 0) is 43.7 Å². The smallest absolute Gasteiger partial charge is 0.253 e. The van der Waals surface area contributed by atoms with Gasteiger partial charge in [0, 0.05) is 18.3 Å². The first-order valence-corrected chi connectivity index (χ1v) is 8.56. The molecule has 1 amide bonds. The molecule has 2 rings (SSSR count). The van der Waals surface area contributed by atoms with Gasteiger partial charge >= 0.3 is 0 Å². The molecule has 0 saturated heterocycles. The van der Waals surface area contributed by atoms with E-state index in [0.717, 1.165) is 18.8 Å². The van der Waals surface area contributed by atoms with Crippen LogP contribution >= 0.6 is 0 Å². The van der Waals surface area contributed by atoms with Crippen LogP contribution in [-0.4, -0.2) is 41.4 Å². The molecule has 5 nitrogen and oxygen atoms in total. The molecule has 1 unspecified atom stereocenters. The second-order valence-electron chi connectivity index (χ2n) is 6.36. The zero-order valence-corrected chi connectivity index (χ0v) is 13.8. The van der Waals surface area contributed by atoms with E-state index in [9.17, 15) is 9.90 Å². The molecule has 0 aromatic heterocycles. The Morgan fingerprint density at radius 3 is 2.61 bits per heavy atom. The van der Waals surface area contributed by atoms with Crippen molar-refractivity contribution in [1.29, 1.82) is 0 Å². The summed E-state index contributed by atoms with van der Waals surface area (Å²) in [6.45, 7) is 2.14. The number of carbonyl (C=O) groups is 1. The summed E-state index contributed by atoms with van der Waals surface area (Å²) in [6, 6.07) is 7.52. The summed E-state index contributed by atoms with van der Waals surface area (Å²) in [5.41, 5.74) is 1.26. The molecule has 0 spiro atoms. The summed E-state index contributed by atoms with van der Waals surface area (Å²) in [5.74, 6) is 0.726. The van der Waals surface area contributed by atoms with Crippen molar-refractivity contribution in [3.8, 4) is 0 Å². The molecule has 23 heavy (non-hydrogen) atoms. The van der Waals surface area contributed by atoms with Crippen LogP contribution in [0.3, 0.4) is 0 Å². The van der Waals surface area contributed by atoms with Gasteiger partial charge in [0.15, 0.2) is 0 Å². The summed E-state index contributed by atoms with van der Waals surface area (Å²) in [5, 5.41) is 24.5. The van der Waals surface area contributed by atoms with Crippen LogP contribution in [0.5, 0.6) is 0 Å². The number of anilines is 1. The maximum atomic E-state index is 12.5. The van der Waals surface area contributed by atoms with Crippen LogP contribution in [0, 0.1) is 5.92 Å². The minimum Gasteiger partial charge on any atom is -0.394 e. The lowest BCUT2D eigenvalue weighted by atomic mass is 9.84. The molecule has 5 heteroatoms. The molecule has 128 valence electrons. The van der Waals surface area contributed by atoms with Gasteiger partial charge in [0.25, 0.3) is 5.91 Å². The maximum Gasteiger partial charge on any atom is 0.253 e. The van der Waals surface area contributed by atoms with E-state index in [2.05, 4.69) is 17.6 Å². The number of aliphatic hydroxyl groups excluding tert-OH is 2. The summed E-state index contributed by atoms with van der Waals surface area (Å²) < 4.78 is 0. The third-order valence-electron chi connectivity index (χ3n) is 4.67. The minimum atomic E-state index is -0.838. The maximum absolute atomic E-state index is 12.5. The second-order valence-corrected chi connectivity index (χ2v) is 6.36. The minimum absolute atomic E-state index is 0.0773. The van der Waals surface area contributed by atoms with Gasteiger partial charge in [-0.2, -0.15) is 0 Å². The van der Waals surface area contributed by atoms with Crippen molar-refractivity contribution in [2.75, 3.05) is 18.5 Å². The predicted octanol–water partition coefficient (Wildman–Crippen LogP) is 2.15. The molecule has 1 aliphatic rings. The highest BCUT2D eigenvalue weighted by atomic mass is 16.3. The van der Waals surface area contributed by atoms with Gasteiger partial charge in [-0.25, -0.2) is 0 Å². The monoisotopic (exact) mass is 320 g/mol. The number of aliphatic hydroxyl groups is 2. The lowest BCUT2D eigenvalue weighted by Crippen LogP contribution is -2.38. The summed E-state index contributed by atoms with van der Waals surface area (Å²) in [7, 11) is 0. The Kier molecular flexibility index (Phi) is 6.86. The van der Waals surface area contributed by atoms with Gasteiger partial charge in [-0.15, -0.1) is 0 Å². The highest BCUT2D eigenvalue weighted by Gasteiger charge is 2.22. The molecule has 0 aliphatic heterocycles. The Bertz CT molecular complexity index is 499. The Balaban J connectivity index is 1.94. The predicted molar refractivity (Wildman–Crippen MR) is 91.5 cm³/mol. The van der Waals surface area contributed by atoms with Crippen LogP contribution in [-0.2, 0) is 0 Å². The zero-order chi connectivity index (χ0) is 16.7. The van der Waals surface area contributed by atoms with Crippen LogP contribution in [0.1, 0.15) is 49.4 Å². The Morgan fingerprint density at radius 2 is 1.96 bits per heavy atom. The van der Waals surface area contributed by atoms with E-state index in [0.29, 0.717) is 11.3 Å². The Morgan fingerprint density at radius 1 is 1.26 bits per heavy atom. The molecule has 1 atom stereocenters. The number of amides is 1. The van der Waals surface area contributed by atoms with E-state index >= 15 is 0 Å². The third-order valence-corrected chi connectivity index (χ3v) is 4.67. The number of hydrogen-bond donors (Lipinski definition) is 4. The van der Waals surface area contributed by atoms with Crippen molar-refractivity contribution in [3.05, 3.63) is 29.8 Å². The Labute approximate surface area is 138 Å². The average Bonchev–Trinajstić information content (AvgIpc) is 2.60. The van der Waals surface area contributed by atoms with E-state index in [4.69, 9.17) is 5.11 Å². The lowest BCUT2D eigenvalue weighted by molar-refractivity contribution is 0.0921. The van der Waals surface area contributed by atoms with Gasteiger partial charge in [0.2, 0.25) is 0 Å². The van der Waals surface area contributed by atoms with Crippen molar-refractivity contribution in [2.24, 2.45) is 5.92 Å². The van der Waals surface area contributed by atoms with Gasteiger partial charge < -0.3 is 20.8 Å². The van der Waals surface area contributed by atoms with E-state index in [1.54, 1.807) is 6.07 Å². The summed E-state index contributed by atoms with van der Waals surface area (Å²) >= 11 is 0. The van der Waals surface area contributed by atoms with E-state index in [1.807, 2.05) is 18.2 Å². The number of benzene rings is 1. The van der Waals surface area contributed by atoms with Crippen molar-refractivity contribution in [2.45, 2.75) is 51.2 Å². The molecular formula is C18H28N2O3. The normalized spacial score (nSPS) is 22.4. The molecule has 1 aromatic rings. The number of para-hydroxylation sites is 1. The average molecular weight is 320 g/mol. The quantitative estimate of drug-likeness (QED) is 0.620. The van der Waals surface area contributed by atoms with Crippen LogP contribution in [0.25, 0.3) is 0 Å². The molecule has 1 saturated carbocycles. The van der Waals surface area contributed by atoms with Gasteiger partial charge in [0.1, 0.15) is 0 Å². The Hall–Kier alpha value is -1.59. The highest BCUT2D eigenvalue weighted by molar-refractivity contribution is 5.99. The number of rotatable bonds is 7. The van der Waals surface area contributed by atoms with Crippen LogP contribution in [0.2, 0.25) is 0 Å². The van der Waals surface area contributed by atoms with E-state index in [1.165, 1.54) is 19.3 Å². The summed E-state index contributed by atoms with van der Waals surface area (Å²) in [6.07, 6.45) is 4.84. The van der Waals surface area contributed by atoms with Crippen molar-refractivity contribution < 1.29 is 15.0 Å². The molecular weight excluding hydrogens is 292 g/mol. The summed E-state index contributed by atoms with van der Waals surface area (Å²) in [4.78, 5) is 12.5. The SMILES string of the molecule is CCC1CCC(NC(=O)c2ccccc2NCC(O)CO)CC1. The highest BCUT2D eigenvalue weighted by Crippen LogP contribution is 2.27. The van der Waals surface area contributed by atoms with Crippen LogP contribution in [0.15, 0.2) is 24.3 Å². The first kappa shape index (κ1) is 17.8. The topological polar surface area (TPSA) is 81.6 Å². The zero-order valence-electron chi connectivity index (χ0n) is 13.8. The lowest BCUT2D eigenvalue weighted by Gasteiger charge is -2.28. The fraction of sp³-hybridized carbons (Fsp3) is 0.611. The van der Waals surface area contributed by atoms with Crippen molar-refractivity contribution >= 4 is 11.6 Å².